The van der Waals surface area contributed by atoms with E-state index in [-0.39, 0.29) is 30.2 Å². The van der Waals surface area contributed by atoms with Gasteiger partial charge >= 0.3 is 0 Å². The van der Waals surface area contributed by atoms with Gasteiger partial charge < -0.3 is 9.32 Å². The van der Waals surface area contributed by atoms with E-state index in [9.17, 15) is 14.4 Å². The van der Waals surface area contributed by atoms with Gasteiger partial charge in [0.15, 0.2) is 0 Å². The highest BCUT2D eigenvalue weighted by Gasteiger charge is 2.45. The van der Waals surface area contributed by atoms with E-state index in [1.807, 2.05) is 24.3 Å². The molecule has 0 spiro atoms. The van der Waals surface area contributed by atoms with Crippen molar-refractivity contribution < 1.29 is 18.8 Å². The second-order valence-corrected chi connectivity index (χ2v) is 6.11. The van der Waals surface area contributed by atoms with Crippen molar-refractivity contribution in [2.45, 2.75) is 38.3 Å². The van der Waals surface area contributed by atoms with E-state index in [0.29, 0.717) is 16.9 Å². The molecule has 2 aliphatic rings. The Morgan fingerprint density at radius 3 is 2.65 bits per heavy atom. The van der Waals surface area contributed by atoms with Crippen LogP contribution in [0.2, 0.25) is 0 Å². The van der Waals surface area contributed by atoms with Gasteiger partial charge in [-0.2, -0.15) is 0 Å². The van der Waals surface area contributed by atoms with Crippen LogP contribution in [0.5, 0.6) is 0 Å². The van der Waals surface area contributed by atoms with Crippen LogP contribution < -0.4 is 5.32 Å². The molecule has 23 heavy (non-hydrogen) atoms. The number of carbonyl (C=O) groups excluding carboxylic acids is 3. The summed E-state index contributed by atoms with van der Waals surface area (Å²) in [6.07, 6.45) is 1.76. The number of hydrogen-bond donors (Lipinski definition) is 1. The lowest BCUT2D eigenvalue weighted by molar-refractivity contribution is -0.126. The molecule has 6 nitrogen and oxygen atoms in total. The third-order valence-electron chi connectivity index (χ3n) is 4.44. The molecule has 1 aromatic carbocycles. The van der Waals surface area contributed by atoms with Gasteiger partial charge in [0.05, 0.1) is 12.0 Å². The largest absolute Gasteiger partial charge is 0.461 e. The minimum Gasteiger partial charge on any atom is -0.461 e. The van der Waals surface area contributed by atoms with Crippen LogP contribution in [-0.2, 0) is 9.59 Å². The van der Waals surface area contributed by atoms with Gasteiger partial charge in [0.2, 0.25) is 11.8 Å². The first-order valence-corrected chi connectivity index (χ1v) is 7.70. The first kappa shape index (κ1) is 14.0. The second-order valence-electron chi connectivity index (χ2n) is 6.11. The van der Waals surface area contributed by atoms with Crippen molar-refractivity contribution in [3.63, 3.8) is 0 Å². The molecule has 1 N–H and O–H groups in total. The lowest BCUT2D eigenvalue weighted by atomic mass is 10.1. The molecule has 3 amide bonds. The first-order chi connectivity index (χ1) is 11.1. The Hall–Kier alpha value is -2.63. The molecule has 2 heterocycles. The van der Waals surface area contributed by atoms with E-state index in [1.54, 1.807) is 11.8 Å². The van der Waals surface area contributed by atoms with Crippen LogP contribution in [-0.4, -0.2) is 34.7 Å². The summed E-state index contributed by atoms with van der Waals surface area (Å²) in [6, 6.07) is 6.66. The molecule has 118 valence electrons. The van der Waals surface area contributed by atoms with Crippen molar-refractivity contribution in [1.29, 1.82) is 0 Å². The molecule has 1 saturated heterocycles. The van der Waals surface area contributed by atoms with Crippen LogP contribution >= 0.6 is 0 Å². The maximum Gasteiger partial charge on any atom is 0.258 e. The van der Waals surface area contributed by atoms with Gasteiger partial charge in [-0.15, -0.1) is 0 Å². The Balaban J connectivity index is 1.77. The smallest absolute Gasteiger partial charge is 0.258 e. The van der Waals surface area contributed by atoms with E-state index in [2.05, 4.69) is 5.32 Å². The highest BCUT2D eigenvalue weighted by molar-refractivity contribution is 6.11. The number of aryl methyl sites for hydroxylation is 1. The molecule has 2 aromatic rings. The number of rotatable bonds is 3. The summed E-state index contributed by atoms with van der Waals surface area (Å²) >= 11 is 0. The Labute approximate surface area is 132 Å². The molecule has 1 aliphatic carbocycles. The first-order valence-electron chi connectivity index (χ1n) is 7.70. The van der Waals surface area contributed by atoms with Crippen molar-refractivity contribution in [1.82, 2.24) is 10.2 Å². The molecule has 1 atom stereocenters. The summed E-state index contributed by atoms with van der Waals surface area (Å²) in [7, 11) is 0. The molecule has 1 saturated carbocycles. The molecule has 6 heteroatoms. The zero-order valence-corrected chi connectivity index (χ0v) is 12.7. The van der Waals surface area contributed by atoms with Crippen molar-refractivity contribution in [2.24, 2.45) is 0 Å². The number of nitrogens with zero attached hydrogens (tertiary/aromatic N) is 1. The summed E-state index contributed by atoms with van der Waals surface area (Å²) in [6.45, 7) is 1.75. The average Bonchev–Trinajstić information content (AvgIpc) is 3.19. The van der Waals surface area contributed by atoms with Crippen LogP contribution in [0.3, 0.4) is 0 Å². The minimum absolute atomic E-state index is 0.0252. The molecule has 1 aliphatic heterocycles. The van der Waals surface area contributed by atoms with Crippen molar-refractivity contribution in [3.05, 3.63) is 35.6 Å². The SMILES string of the molecule is Cc1oc2ccccc2c1C(=O)N(C1CC1)C1CC(=O)NC1=O. The summed E-state index contributed by atoms with van der Waals surface area (Å²) in [5, 5.41) is 3.03. The van der Waals surface area contributed by atoms with Gasteiger partial charge in [0.1, 0.15) is 17.4 Å². The number of carbonyl (C=O) groups is 3. The summed E-state index contributed by atoms with van der Waals surface area (Å²) in [4.78, 5) is 38.3. The lowest BCUT2D eigenvalue weighted by Crippen LogP contribution is -2.46. The average molecular weight is 312 g/mol. The van der Waals surface area contributed by atoms with Crippen molar-refractivity contribution in [2.75, 3.05) is 0 Å². The normalized spacial score (nSPS) is 20.8. The van der Waals surface area contributed by atoms with Crippen LogP contribution in [0.4, 0.5) is 0 Å². The number of nitrogens with one attached hydrogen (secondary N) is 1. The number of fused-ring (bicyclic) bond motifs is 1. The minimum atomic E-state index is -0.712. The Morgan fingerprint density at radius 2 is 2.00 bits per heavy atom. The van der Waals surface area contributed by atoms with Crippen molar-refractivity contribution in [3.8, 4) is 0 Å². The number of hydrogen-bond acceptors (Lipinski definition) is 4. The second kappa shape index (κ2) is 4.94. The molecule has 1 aromatic heterocycles. The maximum atomic E-state index is 13.1. The fraction of sp³-hybridized carbons (Fsp3) is 0.353. The van der Waals surface area contributed by atoms with E-state index in [4.69, 9.17) is 4.42 Å². The Kier molecular flexibility index (Phi) is 3.01. The zero-order chi connectivity index (χ0) is 16.1. The Bertz CT molecular complexity index is 834. The molecule has 0 radical (unpaired) electrons. The maximum absolute atomic E-state index is 13.1. The third-order valence-corrected chi connectivity index (χ3v) is 4.44. The van der Waals surface area contributed by atoms with Gasteiger partial charge in [-0.1, -0.05) is 18.2 Å². The fourth-order valence-corrected chi connectivity index (χ4v) is 3.24. The molecule has 4 rings (SSSR count). The number of furan rings is 1. The third kappa shape index (κ3) is 2.21. The lowest BCUT2D eigenvalue weighted by Gasteiger charge is -2.26. The number of amides is 3. The quantitative estimate of drug-likeness (QED) is 0.876. The molecule has 0 bridgehead atoms. The zero-order valence-electron chi connectivity index (χ0n) is 12.7. The predicted octanol–water partition coefficient (Wildman–Crippen LogP) is 1.76. The van der Waals surface area contributed by atoms with Gasteiger partial charge in [-0.25, -0.2) is 0 Å². The van der Waals surface area contributed by atoms with Crippen molar-refractivity contribution >= 4 is 28.7 Å². The molecule has 2 fully saturated rings. The molecule has 1 unspecified atom stereocenters. The summed E-state index contributed by atoms with van der Waals surface area (Å²) < 4.78 is 5.67. The monoisotopic (exact) mass is 312 g/mol. The predicted molar refractivity (Wildman–Crippen MR) is 81.7 cm³/mol. The number of benzene rings is 1. The molecular weight excluding hydrogens is 296 g/mol. The van der Waals surface area contributed by atoms with Gasteiger partial charge in [-0.3, -0.25) is 19.7 Å². The van der Waals surface area contributed by atoms with E-state index in [1.165, 1.54) is 0 Å². The highest BCUT2D eigenvalue weighted by Crippen LogP contribution is 2.35. The standard InChI is InChI=1S/C17H16N2O4/c1-9-15(11-4-2-3-5-13(11)23-9)17(22)19(10-6-7-10)12-8-14(20)18-16(12)21/h2-5,10,12H,6-8H2,1H3,(H,18,20,21). The van der Waals surface area contributed by atoms with Gasteiger partial charge in [-0.05, 0) is 25.8 Å². The van der Waals surface area contributed by atoms with E-state index >= 15 is 0 Å². The van der Waals surface area contributed by atoms with Gasteiger partial charge in [0.25, 0.3) is 5.91 Å². The summed E-state index contributed by atoms with van der Waals surface area (Å²) in [5.41, 5.74) is 1.13. The van der Waals surface area contributed by atoms with Crippen LogP contribution in [0.15, 0.2) is 28.7 Å². The van der Waals surface area contributed by atoms with Crippen LogP contribution in [0.25, 0.3) is 11.0 Å². The van der Waals surface area contributed by atoms with E-state index < -0.39 is 6.04 Å². The number of imide groups is 1. The van der Waals surface area contributed by atoms with Crippen LogP contribution in [0.1, 0.15) is 35.4 Å². The van der Waals surface area contributed by atoms with Gasteiger partial charge in [0, 0.05) is 11.4 Å². The Morgan fingerprint density at radius 1 is 1.26 bits per heavy atom. The van der Waals surface area contributed by atoms with E-state index in [0.717, 1.165) is 18.2 Å². The topological polar surface area (TPSA) is 79.6 Å². The van der Waals surface area contributed by atoms with Crippen LogP contribution in [0, 0.1) is 6.92 Å². The fourth-order valence-electron chi connectivity index (χ4n) is 3.24. The summed E-state index contributed by atoms with van der Waals surface area (Å²) in [5.74, 6) is -0.413. The molecular formula is C17H16N2O4. The highest BCUT2D eigenvalue weighted by atomic mass is 16.3. The number of para-hydroxylation sites is 1.